The third-order valence-electron chi connectivity index (χ3n) is 2.31. The molecule has 0 radical (unpaired) electrons. The zero-order valence-electron chi connectivity index (χ0n) is 11.0. The molecular formula is C11H17BrN4O3S. The van der Waals surface area contributed by atoms with Crippen LogP contribution in [0, 0.1) is 0 Å². The van der Waals surface area contributed by atoms with Crippen molar-refractivity contribution in [3.05, 3.63) is 16.7 Å². The normalized spacial score (nSPS) is 11.3. The molecule has 1 aromatic rings. The van der Waals surface area contributed by atoms with E-state index in [0.717, 1.165) is 6.42 Å². The van der Waals surface area contributed by atoms with Gasteiger partial charge >= 0.3 is 0 Å². The van der Waals surface area contributed by atoms with Crippen molar-refractivity contribution in [1.29, 1.82) is 0 Å². The van der Waals surface area contributed by atoms with Gasteiger partial charge in [0.1, 0.15) is 10.7 Å². The Morgan fingerprint density at radius 1 is 1.45 bits per heavy atom. The number of nitrogens with two attached hydrogens (primary N) is 1. The Hall–Kier alpha value is -1.19. The molecule has 0 aromatic carbocycles. The number of halogens is 1. The fourth-order valence-corrected chi connectivity index (χ4v) is 3.06. The van der Waals surface area contributed by atoms with Crippen molar-refractivity contribution in [3.63, 3.8) is 0 Å². The Kier molecular flexibility index (Phi) is 6.37. The Bertz CT molecular complexity index is 577. The van der Waals surface area contributed by atoms with Gasteiger partial charge in [0.05, 0.1) is 0 Å². The molecule has 0 aliphatic carbocycles. The van der Waals surface area contributed by atoms with Crippen molar-refractivity contribution in [2.45, 2.75) is 24.7 Å². The summed E-state index contributed by atoms with van der Waals surface area (Å²) >= 11 is 3.19. The molecule has 1 amide bonds. The third-order valence-corrected chi connectivity index (χ3v) is 4.22. The highest BCUT2D eigenvalue weighted by molar-refractivity contribution is 9.10. The SMILES string of the molecule is CCCNc1ncc(Br)cc1S(=O)(=O)NCCC(N)=O. The van der Waals surface area contributed by atoms with E-state index >= 15 is 0 Å². The predicted octanol–water partition coefficient (Wildman–Crippen LogP) is 0.820. The lowest BCUT2D eigenvalue weighted by molar-refractivity contribution is -0.117. The molecule has 1 heterocycles. The molecule has 0 atom stereocenters. The number of amides is 1. The van der Waals surface area contributed by atoms with E-state index in [1.54, 1.807) is 0 Å². The lowest BCUT2D eigenvalue weighted by Gasteiger charge is -2.12. The third kappa shape index (κ3) is 5.06. The van der Waals surface area contributed by atoms with E-state index in [1.807, 2.05) is 6.92 Å². The van der Waals surface area contributed by atoms with Crippen LogP contribution in [0.1, 0.15) is 19.8 Å². The molecule has 1 rings (SSSR count). The van der Waals surface area contributed by atoms with Crippen LogP contribution in [0.5, 0.6) is 0 Å². The highest BCUT2D eigenvalue weighted by Crippen LogP contribution is 2.22. The van der Waals surface area contributed by atoms with Crippen LogP contribution in [-0.4, -0.2) is 32.4 Å². The number of anilines is 1. The smallest absolute Gasteiger partial charge is 0.244 e. The zero-order chi connectivity index (χ0) is 15.2. The van der Waals surface area contributed by atoms with Crippen molar-refractivity contribution in [3.8, 4) is 0 Å². The number of hydrogen-bond acceptors (Lipinski definition) is 5. The van der Waals surface area contributed by atoms with Crippen molar-refractivity contribution in [1.82, 2.24) is 9.71 Å². The number of carbonyl (C=O) groups is 1. The summed E-state index contributed by atoms with van der Waals surface area (Å²) in [5.74, 6) is -0.286. The van der Waals surface area contributed by atoms with Gasteiger partial charge in [-0.1, -0.05) is 6.92 Å². The van der Waals surface area contributed by atoms with E-state index in [0.29, 0.717) is 11.0 Å². The summed E-state index contributed by atoms with van der Waals surface area (Å²) in [4.78, 5) is 14.7. The maximum atomic E-state index is 12.2. The molecule has 0 saturated heterocycles. The molecule has 7 nitrogen and oxygen atoms in total. The number of nitrogens with zero attached hydrogens (tertiary/aromatic N) is 1. The molecule has 0 aliphatic rings. The van der Waals surface area contributed by atoms with Crippen LogP contribution in [0.2, 0.25) is 0 Å². The number of nitrogens with one attached hydrogen (secondary N) is 2. The van der Waals surface area contributed by atoms with Gasteiger partial charge in [-0.15, -0.1) is 0 Å². The molecule has 112 valence electrons. The van der Waals surface area contributed by atoms with Gasteiger partial charge in [-0.3, -0.25) is 4.79 Å². The number of pyridine rings is 1. The van der Waals surface area contributed by atoms with Crippen molar-refractivity contribution in [2.24, 2.45) is 5.73 Å². The quantitative estimate of drug-likeness (QED) is 0.631. The van der Waals surface area contributed by atoms with Gasteiger partial charge in [-0.25, -0.2) is 18.1 Å². The second-order valence-corrected chi connectivity index (χ2v) is 6.69. The van der Waals surface area contributed by atoms with Crippen LogP contribution in [0.3, 0.4) is 0 Å². The van der Waals surface area contributed by atoms with Gasteiger partial charge in [0.2, 0.25) is 15.9 Å². The average molecular weight is 365 g/mol. The van der Waals surface area contributed by atoms with Gasteiger partial charge in [0.15, 0.2) is 0 Å². The number of rotatable bonds is 8. The van der Waals surface area contributed by atoms with Crippen molar-refractivity contribution in [2.75, 3.05) is 18.4 Å². The summed E-state index contributed by atoms with van der Waals surface area (Å²) in [5, 5.41) is 2.95. The summed E-state index contributed by atoms with van der Waals surface area (Å²) in [7, 11) is -3.75. The number of carbonyl (C=O) groups excluding carboxylic acids is 1. The molecule has 0 aliphatic heterocycles. The average Bonchev–Trinajstić information content (AvgIpc) is 2.36. The molecule has 9 heteroatoms. The second-order valence-electron chi connectivity index (χ2n) is 4.04. The number of aromatic nitrogens is 1. The minimum Gasteiger partial charge on any atom is -0.370 e. The summed E-state index contributed by atoms with van der Waals surface area (Å²) in [5.41, 5.74) is 4.97. The summed E-state index contributed by atoms with van der Waals surface area (Å²) in [6.45, 7) is 2.53. The number of sulfonamides is 1. The number of primary amides is 1. The molecule has 4 N–H and O–H groups in total. The zero-order valence-corrected chi connectivity index (χ0v) is 13.4. The first-order valence-electron chi connectivity index (χ1n) is 6.04. The van der Waals surface area contributed by atoms with Gasteiger partial charge in [-0.2, -0.15) is 0 Å². The van der Waals surface area contributed by atoms with Gasteiger partial charge in [0.25, 0.3) is 0 Å². The van der Waals surface area contributed by atoms with Crippen molar-refractivity contribution < 1.29 is 13.2 Å². The first kappa shape index (κ1) is 16.9. The number of hydrogen-bond donors (Lipinski definition) is 3. The van der Waals surface area contributed by atoms with E-state index < -0.39 is 15.9 Å². The highest BCUT2D eigenvalue weighted by atomic mass is 79.9. The fourth-order valence-electron chi connectivity index (χ4n) is 1.39. The summed E-state index contributed by atoms with van der Waals surface area (Å²) < 4.78 is 27.2. The highest BCUT2D eigenvalue weighted by Gasteiger charge is 2.20. The van der Waals surface area contributed by atoms with E-state index in [-0.39, 0.29) is 23.7 Å². The van der Waals surface area contributed by atoms with E-state index in [2.05, 4.69) is 31.0 Å². The van der Waals surface area contributed by atoms with Gasteiger partial charge in [-0.05, 0) is 28.4 Å². The molecule has 0 bridgehead atoms. The van der Waals surface area contributed by atoms with Crippen molar-refractivity contribution >= 4 is 37.7 Å². The van der Waals surface area contributed by atoms with E-state index in [9.17, 15) is 13.2 Å². The minimum absolute atomic E-state index is 0.0322. The Balaban J connectivity index is 2.96. The molecule has 0 spiro atoms. The van der Waals surface area contributed by atoms with Crippen LogP contribution in [0.4, 0.5) is 5.82 Å². The molecule has 0 fully saturated rings. The monoisotopic (exact) mass is 364 g/mol. The Labute approximate surface area is 126 Å². The first-order valence-corrected chi connectivity index (χ1v) is 8.32. The maximum absolute atomic E-state index is 12.2. The van der Waals surface area contributed by atoms with E-state index in [1.165, 1.54) is 12.3 Å². The maximum Gasteiger partial charge on any atom is 0.244 e. The molecular weight excluding hydrogens is 348 g/mol. The van der Waals surface area contributed by atoms with Gasteiger partial charge < -0.3 is 11.1 Å². The topological polar surface area (TPSA) is 114 Å². The van der Waals surface area contributed by atoms with Crippen LogP contribution in [0.25, 0.3) is 0 Å². The minimum atomic E-state index is -3.75. The summed E-state index contributed by atoms with van der Waals surface area (Å²) in [6.07, 6.45) is 2.30. The Morgan fingerprint density at radius 2 is 2.15 bits per heavy atom. The second kappa shape index (κ2) is 7.55. The first-order chi connectivity index (χ1) is 9.36. The lowest BCUT2D eigenvalue weighted by atomic mass is 10.4. The molecule has 1 aromatic heterocycles. The van der Waals surface area contributed by atoms with E-state index in [4.69, 9.17) is 5.73 Å². The van der Waals surface area contributed by atoms with Crippen LogP contribution in [-0.2, 0) is 14.8 Å². The molecule has 0 unspecified atom stereocenters. The van der Waals surface area contributed by atoms with Crippen LogP contribution < -0.4 is 15.8 Å². The standard InChI is InChI=1S/C11H17BrN4O3S/c1-2-4-14-11-9(6-8(12)7-15-11)20(18,19)16-5-3-10(13)17/h6-7,16H,2-5H2,1H3,(H2,13,17)(H,14,15). The van der Waals surface area contributed by atoms with Crippen LogP contribution in [0.15, 0.2) is 21.6 Å². The van der Waals surface area contributed by atoms with Crippen LogP contribution >= 0.6 is 15.9 Å². The predicted molar refractivity (Wildman–Crippen MR) is 79.7 cm³/mol. The molecule has 20 heavy (non-hydrogen) atoms. The molecule has 0 saturated carbocycles. The lowest BCUT2D eigenvalue weighted by Crippen LogP contribution is -2.29. The largest absolute Gasteiger partial charge is 0.370 e. The Morgan fingerprint density at radius 3 is 2.75 bits per heavy atom. The fraction of sp³-hybridized carbons (Fsp3) is 0.455. The van der Waals surface area contributed by atoms with Gasteiger partial charge in [0, 0.05) is 30.2 Å². The summed E-state index contributed by atoms with van der Waals surface area (Å²) in [6, 6.07) is 1.46.